The number of hydrogen-bond acceptors (Lipinski definition) is 4. The van der Waals surface area contributed by atoms with E-state index in [1.54, 1.807) is 24.3 Å². The molecule has 7 heteroatoms. The molecule has 0 aliphatic heterocycles. The summed E-state index contributed by atoms with van der Waals surface area (Å²) in [4.78, 5) is 16.1. The topological polar surface area (TPSA) is 50.5 Å². The predicted octanol–water partition coefficient (Wildman–Crippen LogP) is 4.70. The fraction of sp³-hybridized carbons (Fsp3) is 0.105. The van der Waals surface area contributed by atoms with Crippen LogP contribution in [0.15, 0.2) is 54.9 Å². The monoisotopic (exact) mass is 382 g/mol. The van der Waals surface area contributed by atoms with E-state index in [0.29, 0.717) is 14.9 Å². The number of carbonyl (C=O) groups excluding carboxylic acids is 1. The van der Waals surface area contributed by atoms with Gasteiger partial charge in [0.1, 0.15) is 11.2 Å². The molecule has 26 heavy (non-hydrogen) atoms. The lowest BCUT2D eigenvalue weighted by Gasteiger charge is -2.18. The number of rotatable bonds is 3. The van der Waals surface area contributed by atoms with Crippen molar-refractivity contribution in [2.75, 3.05) is 11.9 Å². The lowest BCUT2D eigenvalue weighted by Crippen LogP contribution is -2.26. The zero-order chi connectivity index (χ0) is 18.3. The Hall–Kier alpha value is -2.70. The largest absolute Gasteiger partial charge is 0.311 e. The van der Waals surface area contributed by atoms with Crippen molar-refractivity contribution in [2.24, 2.45) is 0 Å². The Morgan fingerprint density at radius 3 is 2.69 bits per heavy atom. The van der Waals surface area contributed by atoms with E-state index >= 15 is 0 Å². The van der Waals surface area contributed by atoms with E-state index in [-0.39, 0.29) is 5.91 Å². The number of amides is 1. The summed E-state index contributed by atoms with van der Waals surface area (Å²) in [5.74, 6) is -0.112. The number of anilines is 1. The van der Waals surface area contributed by atoms with Crippen LogP contribution in [0.3, 0.4) is 0 Å². The van der Waals surface area contributed by atoms with Gasteiger partial charge >= 0.3 is 0 Å². The third-order valence-electron chi connectivity index (χ3n) is 4.25. The Morgan fingerprint density at radius 2 is 1.96 bits per heavy atom. The molecule has 0 saturated carbocycles. The van der Waals surface area contributed by atoms with Crippen LogP contribution in [0.4, 0.5) is 5.69 Å². The number of carbonyl (C=O) groups is 1. The molecule has 2 heterocycles. The van der Waals surface area contributed by atoms with Crippen molar-refractivity contribution in [3.8, 4) is 11.3 Å². The van der Waals surface area contributed by atoms with Gasteiger partial charge in [-0.2, -0.15) is 0 Å². The minimum atomic E-state index is -0.112. The molecule has 0 unspecified atom stereocenters. The summed E-state index contributed by atoms with van der Waals surface area (Å²) in [5, 5.41) is 8.69. The lowest BCUT2D eigenvalue weighted by atomic mass is 10.1. The van der Waals surface area contributed by atoms with Gasteiger partial charge in [0.15, 0.2) is 0 Å². The summed E-state index contributed by atoms with van der Waals surface area (Å²) in [6, 6.07) is 15.4. The smallest absolute Gasteiger partial charge is 0.270 e. The fourth-order valence-electron chi connectivity index (χ4n) is 2.77. The summed E-state index contributed by atoms with van der Waals surface area (Å²) in [5.41, 5.74) is 3.46. The number of aryl methyl sites for hydroxylation is 1. The number of fused-ring (bicyclic) bond motifs is 1. The SMILES string of the molecule is Cc1ccc(N(C)C(=O)c2sc3nncn3c2-c2ccccc2)cc1Cl. The molecule has 130 valence electrons. The second kappa shape index (κ2) is 6.55. The molecule has 0 atom stereocenters. The third kappa shape index (κ3) is 2.77. The zero-order valence-electron chi connectivity index (χ0n) is 14.2. The molecule has 4 aromatic rings. The first kappa shape index (κ1) is 16.8. The van der Waals surface area contributed by atoms with Crippen molar-refractivity contribution in [2.45, 2.75) is 6.92 Å². The van der Waals surface area contributed by atoms with Gasteiger partial charge in [-0.15, -0.1) is 10.2 Å². The minimum absolute atomic E-state index is 0.112. The first-order chi connectivity index (χ1) is 12.6. The van der Waals surface area contributed by atoms with Crippen LogP contribution >= 0.6 is 22.9 Å². The molecule has 0 bridgehead atoms. The average molecular weight is 383 g/mol. The van der Waals surface area contributed by atoms with Crippen LogP contribution in [0.5, 0.6) is 0 Å². The molecule has 0 radical (unpaired) electrons. The number of halogens is 1. The molecule has 0 aliphatic rings. The molecule has 1 amide bonds. The third-order valence-corrected chi connectivity index (χ3v) is 5.69. The van der Waals surface area contributed by atoms with Gasteiger partial charge in [0.05, 0.1) is 5.69 Å². The normalized spacial score (nSPS) is 11.0. The summed E-state index contributed by atoms with van der Waals surface area (Å²) in [6.07, 6.45) is 1.63. The van der Waals surface area contributed by atoms with E-state index in [2.05, 4.69) is 10.2 Å². The Morgan fingerprint density at radius 1 is 1.19 bits per heavy atom. The molecule has 0 N–H and O–H groups in total. The van der Waals surface area contributed by atoms with Crippen LogP contribution in [-0.2, 0) is 0 Å². The summed E-state index contributed by atoms with van der Waals surface area (Å²) in [7, 11) is 1.75. The van der Waals surface area contributed by atoms with Crippen molar-refractivity contribution in [1.29, 1.82) is 0 Å². The second-order valence-corrected chi connectivity index (χ2v) is 7.31. The highest BCUT2D eigenvalue weighted by molar-refractivity contribution is 7.19. The molecule has 2 aromatic heterocycles. The van der Waals surface area contributed by atoms with Crippen LogP contribution in [0.25, 0.3) is 16.2 Å². The van der Waals surface area contributed by atoms with E-state index in [4.69, 9.17) is 11.6 Å². The van der Waals surface area contributed by atoms with Crippen molar-refractivity contribution in [1.82, 2.24) is 14.6 Å². The van der Waals surface area contributed by atoms with Gasteiger partial charge in [-0.1, -0.05) is 59.3 Å². The Balaban J connectivity index is 1.82. The number of benzene rings is 2. The molecule has 0 fully saturated rings. The summed E-state index contributed by atoms with van der Waals surface area (Å²) >= 11 is 7.55. The standard InChI is InChI=1S/C19H15ClN4OS/c1-12-8-9-14(10-15(12)20)23(2)18(25)17-16(13-6-4-3-5-7-13)24-11-21-22-19(24)26-17/h3-11H,1-2H3. The molecule has 5 nitrogen and oxygen atoms in total. The number of aromatic nitrogens is 3. The van der Waals surface area contributed by atoms with Crippen LogP contribution in [0.1, 0.15) is 15.2 Å². The average Bonchev–Trinajstić information content (AvgIpc) is 3.24. The fourth-order valence-corrected chi connectivity index (χ4v) is 3.99. The minimum Gasteiger partial charge on any atom is -0.311 e. The summed E-state index contributed by atoms with van der Waals surface area (Å²) in [6.45, 7) is 1.93. The lowest BCUT2D eigenvalue weighted by molar-refractivity contribution is 0.0997. The summed E-state index contributed by atoms with van der Waals surface area (Å²) < 4.78 is 1.85. The molecule has 4 rings (SSSR count). The van der Waals surface area contributed by atoms with Gasteiger partial charge in [-0.05, 0) is 24.6 Å². The molecular weight excluding hydrogens is 368 g/mol. The van der Waals surface area contributed by atoms with E-state index < -0.39 is 0 Å². The van der Waals surface area contributed by atoms with Gasteiger partial charge in [-0.3, -0.25) is 9.20 Å². The molecule has 0 spiro atoms. The van der Waals surface area contributed by atoms with E-state index in [1.807, 2.05) is 53.8 Å². The van der Waals surface area contributed by atoms with Gasteiger partial charge < -0.3 is 4.90 Å². The second-order valence-electron chi connectivity index (χ2n) is 5.93. The Labute approximate surface area is 159 Å². The number of hydrogen-bond donors (Lipinski definition) is 0. The van der Waals surface area contributed by atoms with Gasteiger partial charge in [0.2, 0.25) is 4.96 Å². The highest BCUT2D eigenvalue weighted by atomic mass is 35.5. The van der Waals surface area contributed by atoms with Crippen molar-refractivity contribution in [3.63, 3.8) is 0 Å². The zero-order valence-corrected chi connectivity index (χ0v) is 15.8. The van der Waals surface area contributed by atoms with Crippen molar-refractivity contribution >= 4 is 39.5 Å². The van der Waals surface area contributed by atoms with Crippen LogP contribution in [0, 0.1) is 6.92 Å². The van der Waals surface area contributed by atoms with E-state index in [9.17, 15) is 4.79 Å². The van der Waals surface area contributed by atoms with Crippen molar-refractivity contribution < 1.29 is 4.79 Å². The van der Waals surface area contributed by atoms with E-state index in [1.165, 1.54) is 11.3 Å². The maximum absolute atomic E-state index is 13.2. The highest BCUT2D eigenvalue weighted by Gasteiger charge is 2.24. The Bertz CT molecular complexity index is 1100. The quantitative estimate of drug-likeness (QED) is 0.516. The highest BCUT2D eigenvalue weighted by Crippen LogP contribution is 2.33. The van der Waals surface area contributed by atoms with Crippen molar-refractivity contribution in [3.05, 3.63) is 70.3 Å². The molecule has 0 aliphatic carbocycles. The molecular formula is C19H15ClN4OS. The molecule has 0 saturated heterocycles. The predicted molar refractivity (Wildman–Crippen MR) is 105 cm³/mol. The Kier molecular flexibility index (Phi) is 4.22. The first-order valence-electron chi connectivity index (χ1n) is 7.98. The van der Waals surface area contributed by atoms with Gasteiger partial charge in [0, 0.05) is 23.3 Å². The first-order valence-corrected chi connectivity index (χ1v) is 9.18. The van der Waals surface area contributed by atoms with Crippen LogP contribution < -0.4 is 4.90 Å². The maximum Gasteiger partial charge on any atom is 0.270 e. The van der Waals surface area contributed by atoms with Gasteiger partial charge in [0.25, 0.3) is 5.91 Å². The van der Waals surface area contributed by atoms with Gasteiger partial charge in [-0.25, -0.2) is 0 Å². The number of nitrogens with zero attached hydrogens (tertiary/aromatic N) is 4. The van der Waals surface area contributed by atoms with E-state index in [0.717, 1.165) is 22.5 Å². The maximum atomic E-state index is 13.2. The number of thiazole rings is 1. The van der Waals surface area contributed by atoms with Crippen LogP contribution in [-0.4, -0.2) is 27.6 Å². The molecule has 2 aromatic carbocycles. The van der Waals surface area contributed by atoms with Crippen LogP contribution in [0.2, 0.25) is 5.02 Å².